The first-order valence-electron chi connectivity index (χ1n) is 5.60. The minimum absolute atomic E-state index is 0.0901. The van der Waals surface area contributed by atoms with Crippen molar-refractivity contribution in [3.05, 3.63) is 0 Å². The molecule has 2 aliphatic heterocycles. The Bertz CT molecular complexity index is 328. The molecule has 1 amide bonds. The molecule has 0 radical (unpaired) electrons. The van der Waals surface area contributed by atoms with E-state index in [2.05, 4.69) is 0 Å². The third-order valence-corrected chi connectivity index (χ3v) is 4.10. The van der Waals surface area contributed by atoms with Gasteiger partial charge in [0.15, 0.2) is 0 Å². The minimum atomic E-state index is -0.165. The summed E-state index contributed by atoms with van der Waals surface area (Å²) in [6.45, 7) is 0.586. The number of amides is 1. The van der Waals surface area contributed by atoms with Crippen molar-refractivity contribution in [3.63, 3.8) is 0 Å². The number of carbonyl (C=O) groups excluding carboxylic acids is 2. The summed E-state index contributed by atoms with van der Waals surface area (Å²) in [5.74, 6) is 0.927. The number of carbonyl (C=O) groups is 2. The molecule has 2 heterocycles. The van der Waals surface area contributed by atoms with Crippen molar-refractivity contribution in [3.8, 4) is 0 Å². The first-order chi connectivity index (χ1) is 7.22. The van der Waals surface area contributed by atoms with E-state index in [0.717, 1.165) is 19.3 Å². The molecule has 4 unspecified atom stereocenters. The quantitative estimate of drug-likeness (QED) is 0.588. The third kappa shape index (κ3) is 1.20. The van der Waals surface area contributed by atoms with E-state index in [9.17, 15) is 9.59 Å². The zero-order valence-corrected chi connectivity index (χ0v) is 8.81. The Morgan fingerprint density at radius 2 is 2.27 bits per heavy atom. The Hall–Kier alpha value is -1.06. The largest absolute Gasteiger partial charge is 0.469 e. The first-order valence-corrected chi connectivity index (χ1v) is 5.60. The second kappa shape index (κ2) is 2.97. The molecule has 0 bridgehead atoms. The topological polar surface area (TPSA) is 46.6 Å². The van der Waals surface area contributed by atoms with Crippen LogP contribution in [0.2, 0.25) is 0 Å². The van der Waals surface area contributed by atoms with Crippen LogP contribution < -0.4 is 0 Å². The molecule has 3 fully saturated rings. The van der Waals surface area contributed by atoms with E-state index in [1.54, 1.807) is 0 Å². The van der Waals surface area contributed by atoms with Crippen molar-refractivity contribution < 1.29 is 14.3 Å². The normalized spacial score (nSPS) is 42.2. The lowest BCUT2D eigenvalue weighted by Gasteiger charge is -2.35. The SMILES string of the molecule is COC(=O)C1CCC2C3CC3C(=O)N2C1. The first kappa shape index (κ1) is 9.19. The van der Waals surface area contributed by atoms with Gasteiger partial charge in [0.25, 0.3) is 0 Å². The minimum Gasteiger partial charge on any atom is -0.469 e. The number of rotatable bonds is 1. The van der Waals surface area contributed by atoms with Crippen molar-refractivity contribution in [1.82, 2.24) is 4.90 Å². The van der Waals surface area contributed by atoms with Crippen LogP contribution in [0.5, 0.6) is 0 Å². The third-order valence-electron chi connectivity index (χ3n) is 4.10. The maximum Gasteiger partial charge on any atom is 0.310 e. The van der Waals surface area contributed by atoms with Crippen molar-refractivity contribution in [2.75, 3.05) is 13.7 Å². The van der Waals surface area contributed by atoms with Crippen LogP contribution in [0.1, 0.15) is 19.3 Å². The predicted molar refractivity (Wildman–Crippen MR) is 51.8 cm³/mol. The van der Waals surface area contributed by atoms with Crippen LogP contribution in [0, 0.1) is 17.8 Å². The summed E-state index contributed by atoms with van der Waals surface area (Å²) >= 11 is 0. The average Bonchev–Trinajstić information content (AvgIpc) is 3.01. The smallest absolute Gasteiger partial charge is 0.310 e. The molecule has 0 N–H and O–H groups in total. The maximum atomic E-state index is 11.8. The van der Waals surface area contributed by atoms with Gasteiger partial charge in [0.1, 0.15) is 0 Å². The van der Waals surface area contributed by atoms with Crippen LogP contribution in [0.3, 0.4) is 0 Å². The van der Waals surface area contributed by atoms with E-state index in [-0.39, 0.29) is 17.8 Å². The van der Waals surface area contributed by atoms with E-state index in [1.807, 2.05) is 4.90 Å². The summed E-state index contributed by atoms with van der Waals surface area (Å²) in [6.07, 6.45) is 2.94. The number of methoxy groups -OCH3 is 1. The van der Waals surface area contributed by atoms with Gasteiger partial charge >= 0.3 is 5.97 Å². The molecule has 0 aromatic rings. The summed E-state index contributed by atoms with van der Waals surface area (Å²) in [4.78, 5) is 25.1. The summed E-state index contributed by atoms with van der Waals surface area (Å²) in [7, 11) is 1.41. The molecular weight excluding hydrogens is 194 g/mol. The van der Waals surface area contributed by atoms with E-state index in [4.69, 9.17) is 4.74 Å². The fourth-order valence-electron chi connectivity index (χ4n) is 3.19. The van der Waals surface area contributed by atoms with E-state index in [0.29, 0.717) is 24.4 Å². The highest BCUT2D eigenvalue weighted by Gasteiger charge is 2.59. The highest BCUT2D eigenvalue weighted by Crippen LogP contribution is 2.53. The molecule has 0 aromatic heterocycles. The predicted octanol–water partition coefficient (Wildman–Crippen LogP) is 0.416. The molecule has 4 nitrogen and oxygen atoms in total. The molecule has 0 aromatic carbocycles. The lowest BCUT2D eigenvalue weighted by atomic mass is 9.92. The van der Waals surface area contributed by atoms with Gasteiger partial charge in [-0.3, -0.25) is 9.59 Å². The van der Waals surface area contributed by atoms with Crippen LogP contribution in [0.4, 0.5) is 0 Å². The molecule has 4 heteroatoms. The Morgan fingerprint density at radius 1 is 1.47 bits per heavy atom. The fraction of sp³-hybridized carbons (Fsp3) is 0.818. The van der Waals surface area contributed by atoms with Gasteiger partial charge in [-0.05, 0) is 25.2 Å². The lowest BCUT2D eigenvalue weighted by Crippen LogP contribution is -2.46. The monoisotopic (exact) mass is 209 g/mol. The van der Waals surface area contributed by atoms with Gasteiger partial charge in [0.2, 0.25) is 5.91 Å². The Morgan fingerprint density at radius 3 is 3.00 bits per heavy atom. The second-order valence-corrected chi connectivity index (χ2v) is 4.86. The van der Waals surface area contributed by atoms with Gasteiger partial charge in [0, 0.05) is 18.5 Å². The Labute approximate surface area is 88.6 Å². The van der Waals surface area contributed by atoms with Gasteiger partial charge in [0.05, 0.1) is 13.0 Å². The van der Waals surface area contributed by atoms with Gasteiger partial charge in [-0.25, -0.2) is 0 Å². The molecule has 82 valence electrons. The fourth-order valence-corrected chi connectivity index (χ4v) is 3.19. The summed E-state index contributed by atoms with van der Waals surface area (Å²) in [6, 6.07) is 0.434. The van der Waals surface area contributed by atoms with Crippen LogP contribution in [0.25, 0.3) is 0 Å². The number of hydrogen-bond donors (Lipinski definition) is 0. The van der Waals surface area contributed by atoms with E-state index in [1.165, 1.54) is 7.11 Å². The zero-order valence-electron chi connectivity index (χ0n) is 8.81. The molecule has 3 aliphatic rings. The standard InChI is InChI=1S/C11H15NO3/c1-15-11(14)6-2-3-9-7-4-8(7)10(13)12(9)5-6/h6-9H,2-5H2,1H3. The molecule has 15 heavy (non-hydrogen) atoms. The molecule has 4 atom stereocenters. The maximum absolute atomic E-state index is 11.8. The number of hydrogen-bond acceptors (Lipinski definition) is 3. The van der Waals surface area contributed by atoms with Gasteiger partial charge in [-0.1, -0.05) is 0 Å². The molecule has 1 aliphatic carbocycles. The van der Waals surface area contributed by atoms with Crippen molar-refractivity contribution >= 4 is 11.9 Å². The lowest BCUT2D eigenvalue weighted by molar-refractivity contribution is -0.149. The molecule has 3 rings (SSSR count). The number of fused-ring (bicyclic) bond motifs is 3. The Kier molecular flexibility index (Phi) is 1.82. The summed E-state index contributed by atoms with van der Waals surface area (Å²) in [5, 5.41) is 0. The number of nitrogens with zero attached hydrogens (tertiary/aromatic N) is 1. The second-order valence-electron chi connectivity index (χ2n) is 4.86. The van der Waals surface area contributed by atoms with Crippen molar-refractivity contribution in [1.29, 1.82) is 0 Å². The Balaban J connectivity index is 1.73. The van der Waals surface area contributed by atoms with Crippen molar-refractivity contribution in [2.45, 2.75) is 25.3 Å². The van der Waals surface area contributed by atoms with Gasteiger partial charge in [-0.2, -0.15) is 0 Å². The highest BCUT2D eigenvalue weighted by molar-refractivity contribution is 5.86. The van der Waals surface area contributed by atoms with Crippen LogP contribution >= 0.6 is 0 Å². The van der Waals surface area contributed by atoms with Gasteiger partial charge in [-0.15, -0.1) is 0 Å². The van der Waals surface area contributed by atoms with E-state index >= 15 is 0 Å². The van der Waals surface area contributed by atoms with E-state index < -0.39 is 0 Å². The van der Waals surface area contributed by atoms with Gasteiger partial charge < -0.3 is 9.64 Å². The van der Waals surface area contributed by atoms with Crippen LogP contribution in [-0.4, -0.2) is 36.5 Å². The highest BCUT2D eigenvalue weighted by atomic mass is 16.5. The zero-order chi connectivity index (χ0) is 10.6. The molecular formula is C11H15NO3. The number of esters is 1. The average molecular weight is 209 g/mol. The number of ether oxygens (including phenoxy) is 1. The molecule has 2 saturated heterocycles. The van der Waals surface area contributed by atoms with Crippen molar-refractivity contribution in [2.24, 2.45) is 17.8 Å². The molecule has 1 saturated carbocycles. The van der Waals surface area contributed by atoms with Crippen LogP contribution in [0.15, 0.2) is 0 Å². The van der Waals surface area contributed by atoms with Crippen LogP contribution in [-0.2, 0) is 14.3 Å². The molecule has 0 spiro atoms. The summed E-state index contributed by atoms with van der Waals surface area (Å²) < 4.78 is 4.73. The summed E-state index contributed by atoms with van der Waals surface area (Å²) in [5.41, 5.74) is 0. The number of piperidine rings is 2.